The number of fused-ring (bicyclic) bond motifs is 1. The zero-order chi connectivity index (χ0) is 16.6. The van der Waals surface area contributed by atoms with Crippen LogP contribution in [-0.4, -0.2) is 61.8 Å². The third-order valence-corrected chi connectivity index (χ3v) is 6.94. The van der Waals surface area contributed by atoms with Gasteiger partial charge in [0.25, 0.3) is 0 Å². The van der Waals surface area contributed by atoms with Crippen LogP contribution in [0.4, 0.5) is 0 Å². The molecule has 0 spiro atoms. The Kier molecular flexibility index (Phi) is 4.24. The van der Waals surface area contributed by atoms with Crippen LogP contribution in [0.15, 0.2) is 23.3 Å². The summed E-state index contributed by atoms with van der Waals surface area (Å²) in [5.41, 5.74) is 0.703. The Balaban J connectivity index is 1.86. The van der Waals surface area contributed by atoms with Crippen LogP contribution in [0.25, 0.3) is 0 Å². The molecule has 0 aliphatic carbocycles. The van der Waals surface area contributed by atoms with Gasteiger partial charge in [-0.1, -0.05) is 11.8 Å². The molecule has 2 aliphatic rings. The molecule has 1 N–H and O–H groups in total. The lowest BCUT2D eigenvalue weighted by Crippen LogP contribution is -2.32. The van der Waals surface area contributed by atoms with Crippen LogP contribution in [0.1, 0.15) is 5.56 Å². The molecule has 0 bridgehead atoms. The van der Waals surface area contributed by atoms with Crippen molar-refractivity contribution in [3.05, 3.63) is 23.8 Å². The standard InChI is InChI=1S/C14H17N3O4S2/c1-20-10-3-4-12(21-2)9(5-10)6-16-17-11-7-23(18,19)8-13(11)22-14(17)15/h3-6,11,13,15H,7-8H2,1-2H3/b15-14?,16-6-/t11-,13+/m0/s1. The van der Waals surface area contributed by atoms with Crippen molar-refractivity contribution in [1.82, 2.24) is 5.01 Å². The van der Waals surface area contributed by atoms with Crippen LogP contribution in [-0.2, 0) is 9.84 Å². The number of methoxy groups -OCH3 is 2. The zero-order valence-corrected chi connectivity index (χ0v) is 14.4. The Morgan fingerprint density at radius 2 is 2.13 bits per heavy atom. The second-order valence-corrected chi connectivity index (χ2v) is 8.68. The summed E-state index contributed by atoms with van der Waals surface area (Å²) < 4.78 is 34.0. The van der Waals surface area contributed by atoms with Gasteiger partial charge in [-0.25, -0.2) is 13.4 Å². The molecule has 2 aliphatic heterocycles. The molecule has 1 aromatic rings. The molecular weight excluding hydrogens is 338 g/mol. The van der Waals surface area contributed by atoms with Gasteiger partial charge >= 0.3 is 0 Å². The van der Waals surface area contributed by atoms with Crippen molar-refractivity contribution in [1.29, 1.82) is 5.41 Å². The molecule has 0 amide bonds. The number of thioether (sulfide) groups is 1. The molecule has 9 heteroatoms. The highest BCUT2D eigenvalue weighted by Gasteiger charge is 2.48. The number of hydrogen-bond donors (Lipinski definition) is 1. The van der Waals surface area contributed by atoms with E-state index in [9.17, 15) is 8.42 Å². The van der Waals surface area contributed by atoms with Crippen molar-refractivity contribution >= 4 is 33.0 Å². The second kappa shape index (κ2) is 6.04. The number of hydrogen-bond acceptors (Lipinski definition) is 7. The van der Waals surface area contributed by atoms with E-state index in [4.69, 9.17) is 14.9 Å². The Bertz CT molecular complexity index is 763. The van der Waals surface area contributed by atoms with Crippen molar-refractivity contribution in [2.24, 2.45) is 5.10 Å². The van der Waals surface area contributed by atoms with E-state index in [-0.39, 0.29) is 28.0 Å². The van der Waals surface area contributed by atoms with E-state index in [1.807, 2.05) is 0 Å². The van der Waals surface area contributed by atoms with Gasteiger partial charge < -0.3 is 9.47 Å². The maximum atomic E-state index is 11.8. The minimum Gasteiger partial charge on any atom is -0.497 e. The molecule has 3 rings (SSSR count). The number of hydrazone groups is 1. The van der Waals surface area contributed by atoms with E-state index < -0.39 is 9.84 Å². The minimum atomic E-state index is -3.05. The van der Waals surface area contributed by atoms with Gasteiger partial charge in [-0.2, -0.15) is 5.10 Å². The molecule has 1 aromatic carbocycles. The molecule has 2 fully saturated rings. The summed E-state index contributed by atoms with van der Waals surface area (Å²) in [4.78, 5) is 0. The van der Waals surface area contributed by atoms with Gasteiger partial charge in [-0.15, -0.1) is 0 Å². The molecule has 2 atom stereocenters. The van der Waals surface area contributed by atoms with E-state index in [0.29, 0.717) is 17.1 Å². The summed E-state index contributed by atoms with van der Waals surface area (Å²) in [5.74, 6) is 1.45. The highest BCUT2D eigenvalue weighted by Crippen LogP contribution is 2.37. The monoisotopic (exact) mass is 355 g/mol. The summed E-state index contributed by atoms with van der Waals surface area (Å²) in [5, 5.41) is 14.0. The lowest BCUT2D eigenvalue weighted by atomic mass is 10.2. The Labute approximate surface area is 139 Å². The van der Waals surface area contributed by atoms with Crippen molar-refractivity contribution in [2.75, 3.05) is 25.7 Å². The van der Waals surface area contributed by atoms with E-state index in [0.717, 1.165) is 0 Å². The van der Waals surface area contributed by atoms with Crippen LogP contribution in [0.3, 0.4) is 0 Å². The van der Waals surface area contributed by atoms with Gasteiger partial charge in [0.05, 0.1) is 38.0 Å². The first kappa shape index (κ1) is 16.1. The maximum Gasteiger partial charge on any atom is 0.177 e. The number of rotatable bonds is 4. The average molecular weight is 355 g/mol. The highest BCUT2D eigenvalue weighted by atomic mass is 32.2. The fourth-order valence-electron chi connectivity index (χ4n) is 2.69. The quantitative estimate of drug-likeness (QED) is 0.816. The summed E-state index contributed by atoms with van der Waals surface area (Å²) in [6.45, 7) is 0. The molecular formula is C14H17N3O4S2. The fraction of sp³-hybridized carbons (Fsp3) is 0.429. The van der Waals surface area contributed by atoms with Gasteiger partial charge in [-0.3, -0.25) is 5.41 Å². The topological polar surface area (TPSA) is 92.1 Å². The molecule has 2 saturated heterocycles. The third kappa shape index (κ3) is 3.16. The number of nitrogens with one attached hydrogen (secondary N) is 1. The lowest BCUT2D eigenvalue weighted by Gasteiger charge is -2.17. The van der Waals surface area contributed by atoms with Gasteiger partial charge in [0, 0.05) is 10.8 Å². The van der Waals surface area contributed by atoms with Gasteiger partial charge in [-0.05, 0) is 18.2 Å². The zero-order valence-electron chi connectivity index (χ0n) is 12.7. The second-order valence-electron chi connectivity index (χ2n) is 5.30. The molecule has 124 valence electrons. The number of amidine groups is 1. The lowest BCUT2D eigenvalue weighted by molar-refractivity contribution is 0.375. The van der Waals surface area contributed by atoms with E-state index in [2.05, 4.69) is 5.10 Å². The summed E-state index contributed by atoms with van der Waals surface area (Å²) >= 11 is 1.26. The van der Waals surface area contributed by atoms with Gasteiger partial charge in [0.15, 0.2) is 15.0 Å². The Morgan fingerprint density at radius 3 is 2.83 bits per heavy atom. The maximum absolute atomic E-state index is 11.8. The number of sulfone groups is 1. The molecule has 23 heavy (non-hydrogen) atoms. The first-order valence-corrected chi connectivity index (χ1v) is 9.64. The third-order valence-electron chi connectivity index (χ3n) is 3.82. The number of benzene rings is 1. The largest absolute Gasteiger partial charge is 0.497 e. The van der Waals surface area contributed by atoms with Crippen molar-refractivity contribution in [3.8, 4) is 11.5 Å². The van der Waals surface area contributed by atoms with Gasteiger partial charge in [0.2, 0.25) is 0 Å². The van der Waals surface area contributed by atoms with Crippen LogP contribution >= 0.6 is 11.8 Å². The minimum absolute atomic E-state index is 0.0413. The smallest absolute Gasteiger partial charge is 0.177 e. The highest BCUT2D eigenvalue weighted by molar-refractivity contribution is 8.15. The van der Waals surface area contributed by atoms with Crippen LogP contribution in [0.2, 0.25) is 0 Å². The molecule has 0 saturated carbocycles. The van der Waals surface area contributed by atoms with Crippen molar-refractivity contribution < 1.29 is 17.9 Å². The SMILES string of the molecule is COc1ccc(OC)c(/C=N\N2C(=N)S[C@@H]3CS(=O)(=O)C[C@@H]32)c1. The Morgan fingerprint density at radius 1 is 1.35 bits per heavy atom. The predicted octanol–water partition coefficient (Wildman–Crippen LogP) is 1.19. The number of nitrogens with zero attached hydrogens (tertiary/aromatic N) is 2. The first-order chi connectivity index (χ1) is 10.9. The molecule has 0 aromatic heterocycles. The van der Waals surface area contributed by atoms with E-state index in [1.54, 1.807) is 38.6 Å². The summed E-state index contributed by atoms with van der Waals surface area (Å²) in [7, 11) is 0.0889. The fourth-order valence-corrected chi connectivity index (χ4v) is 6.40. The van der Waals surface area contributed by atoms with E-state index in [1.165, 1.54) is 16.8 Å². The molecule has 2 heterocycles. The molecule has 0 unspecified atom stereocenters. The first-order valence-electron chi connectivity index (χ1n) is 6.94. The van der Waals surface area contributed by atoms with Crippen molar-refractivity contribution in [3.63, 3.8) is 0 Å². The molecule has 7 nitrogen and oxygen atoms in total. The van der Waals surface area contributed by atoms with Gasteiger partial charge in [0.1, 0.15) is 11.5 Å². The normalized spacial score (nSPS) is 25.8. The predicted molar refractivity (Wildman–Crippen MR) is 90.5 cm³/mol. The van der Waals surface area contributed by atoms with Crippen molar-refractivity contribution in [2.45, 2.75) is 11.3 Å². The van der Waals surface area contributed by atoms with Crippen LogP contribution in [0.5, 0.6) is 11.5 Å². The average Bonchev–Trinajstić information content (AvgIpc) is 2.95. The van der Waals surface area contributed by atoms with Crippen LogP contribution < -0.4 is 9.47 Å². The molecule has 0 radical (unpaired) electrons. The van der Waals surface area contributed by atoms with E-state index >= 15 is 0 Å². The Hall–Kier alpha value is -1.74. The van der Waals surface area contributed by atoms with Crippen LogP contribution in [0, 0.1) is 5.41 Å². The summed E-state index contributed by atoms with van der Waals surface area (Å²) in [6, 6.07) is 5.06. The number of ether oxygens (including phenoxy) is 2. The summed E-state index contributed by atoms with van der Waals surface area (Å²) in [6.07, 6.45) is 1.57.